The summed E-state index contributed by atoms with van der Waals surface area (Å²) < 4.78 is 22.0. The van der Waals surface area contributed by atoms with Crippen molar-refractivity contribution < 1.29 is 33.6 Å². The largest absolute Gasteiger partial charge is 0.507 e. The van der Waals surface area contributed by atoms with Crippen LogP contribution in [0.15, 0.2) is 72.3 Å². The zero-order valence-corrected chi connectivity index (χ0v) is 20.8. The van der Waals surface area contributed by atoms with Crippen molar-refractivity contribution in [2.24, 2.45) is 0 Å². The fraction of sp³-hybridized carbons (Fsp3) is 0.241. The molecule has 0 spiro atoms. The molecule has 1 amide bonds. The average molecular weight is 502 g/mol. The molecule has 8 nitrogen and oxygen atoms in total. The van der Waals surface area contributed by atoms with Gasteiger partial charge in [-0.3, -0.25) is 9.59 Å². The summed E-state index contributed by atoms with van der Waals surface area (Å²) in [5.74, 6) is 0.482. The minimum atomic E-state index is -0.838. The summed E-state index contributed by atoms with van der Waals surface area (Å²) in [6.45, 7) is 4.08. The first-order valence-electron chi connectivity index (χ1n) is 11.9. The number of ketones is 1. The molecule has 190 valence electrons. The maximum atomic E-state index is 13.4. The molecule has 0 aliphatic carbocycles. The highest BCUT2D eigenvalue weighted by Gasteiger charge is 2.46. The van der Waals surface area contributed by atoms with Crippen LogP contribution in [0.2, 0.25) is 0 Å². The van der Waals surface area contributed by atoms with E-state index in [9.17, 15) is 14.7 Å². The van der Waals surface area contributed by atoms with Gasteiger partial charge >= 0.3 is 0 Å². The van der Waals surface area contributed by atoms with E-state index in [1.165, 1.54) is 4.90 Å². The number of carbonyl (C=O) groups is 2. The summed E-state index contributed by atoms with van der Waals surface area (Å²) in [6.07, 6.45) is -0.0111. The number of hydrogen-bond donors (Lipinski definition) is 1. The number of methoxy groups -OCH3 is 1. The van der Waals surface area contributed by atoms with Gasteiger partial charge in [-0.15, -0.1) is 0 Å². The van der Waals surface area contributed by atoms with Gasteiger partial charge in [-0.05, 0) is 67.4 Å². The topological polar surface area (TPSA) is 94.5 Å². The first-order valence-corrected chi connectivity index (χ1v) is 11.9. The summed E-state index contributed by atoms with van der Waals surface area (Å²) >= 11 is 0. The smallest absolute Gasteiger partial charge is 0.295 e. The minimum absolute atomic E-state index is 0.00768. The highest BCUT2D eigenvalue weighted by Crippen LogP contribution is 2.42. The molecule has 37 heavy (non-hydrogen) atoms. The number of fused-ring (bicyclic) bond motifs is 1. The second-order valence-corrected chi connectivity index (χ2v) is 9.09. The van der Waals surface area contributed by atoms with Crippen molar-refractivity contribution in [1.82, 2.24) is 4.90 Å². The van der Waals surface area contributed by atoms with E-state index in [1.54, 1.807) is 49.6 Å². The second kappa shape index (κ2) is 9.89. The Kier molecular flexibility index (Phi) is 6.48. The van der Waals surface area contributed by atoms with Gasteiger partial charge in [0, 0.05) is 12.1 Å². The van der Waals surface area contributed by atoms with Crippen LogP contribution in [0, 0.1) is 0 Å². The van der Waals surface area contributed by atoms with E-state index in [1.807, 2.05) is 38.1 Å². The standard InChI is InChI=1S/C29H27NO7/c1-17(2)37-22-9-4-6-18(12-22)15-30-26(19-7-5-8-21(13-19)34-3)25(28(32)29(30)33)27(31)20-10-11-23-24(14-20)36-16-35-23/h4-14,17,26,31H,15-16H2,1-3H3/b27-25-. The molecule has 3 aromatic carbocycles. The third-order valence-electron chi connectivity index (χ3n) is 6.22. The molecule has 1 unspecified atom stereocenters. The van der Waals surface area contributed by atoms with Gasteiger partial charge in [-0.2, -0.15) is 0 Å². The van der Waals surface area contributed by atoms with Crippen molar-refractivity contribution in [2.45, 2.75) is 32.5 Å². The van der Waals surface area contributed by atoms with Crippen molar-refractivity contribution in [3.8, 4) is 23.0 Å². The van der Waals surface area contributed by atoms with Crippen LogP contribution in [-0.4, -0.2) is 41.7 Å². The number of likely N-dealkylation sites (tertiary alicyclic amines) is 1. The minimum Gasteiger partial charge on any atom is -0.507 e. The van der Waals surface area contributed by atoms with E-state index in [0.717, 1.165) is 5.56 Å². The Hall–Kier alpha value is -4.46. The number of aliphatic hydroxyl groups excluding tert-OH is 1. The maximum absolute atomic E-state index is 13.4. The van der Waals surface area contributed by atoms with Gasteiger partial charge in [-0.25, -0.2) is 0 Å². The van der Waals surface area contributed by atoms with Gasteiger partial charge < -0.3 is 29.0 Å². The molecule has 0 aromatic heterocycles. The summed E-state index contributed by atoms with van der Waals surface area (Å²) in [6, 6.07) is 18.6. The van der Waals surface area contributed by atoms with E-state index in [4.69, 9.17) is 18.9 Å². The van der Waals surface area contributed by atoms with E-state index < -0.39 is 17.7 Å². The van der Waals surface area contributed by atoms with Gasteiger partial charge in [0.15, 0.2) is 11.5 Å². The first-order chi connectivity index (χ1) is 17.9. The normalized spacial score (nSPS) is 17.9. The monoisotopic (exact) mass is 501 g/mol. The SMILES string of the molecule is COc1cccc(C2/C(=C(/O)c3ccc4c(c3)OCO4)C(=O)C(=O)N2Cc2cccc(OC(C)C)c2)c1. The Labute approximate surface area is 214 Å². The summed E-state index contributed by atoms with van der Waals surface area (Å²) in [5.41, 5.74) is 1.76. The molecular formula is C29H27NO7. The fourth-order valence-electron chi connectivity index (χ4n) is 4.59. The third kappa shape index (κ3) is 4.70. The molecule has 5 rings (SSSR count). The van der Waals surface area contributed by atoms with Crippen LogP contribution in [0.4, 0.5) is 0 Å². The van der Waals surface area contributed by atoms with Crippen molar-refractivity contribution in [1.29, 1.82) is 0 Å². The summed E-state index contributed by atoms with van der Waals surface area (Å²) in [5, 5.41) is 11.4. The number of Topliss-reactive ketones (excluding diaryl/α,β-unsaturated/α-hetero) is 1. The van der Waals surface area contributed by atoms with Crippen LogP contribution in [0.5, 0.6) is 23.0 Å². The molecule has 2 heterocycles. The van der Waals surface area contributed by atoms with Crippen LogP contribution >= 0.6 is 0 Å². The Morgan fingerprint density at radius 2 is 1.76 bits per heavy atom. The summed E-state index contributed by atoms with van der Waals surface area (Å²) in [7, 11) is 1.54. The van der Waals surface area contributed by atoms with Gasteiger partial charge in [0.05, 0.1) is 24.8 Å². The lowest BCUT2D eigenvalue weighted by atomic mass is 9.95. The van der Waals surface area contributed by atoms with Crippen LogP contribution < -0.4 is 18.9 Å². The molecular weight excluding hydrogens is 474 g/mol. The molecule has 1 N–H and O–H groups in total. The van der Waals surface area contributed by atoms with Gasteiger partial charge in [0.2, 0.25) is 6.79 Å². The Morgan fingerprint density at radius 3 is 2.54 bits per heavy atom. The number of aliphatic hydroxyl groups is 1. The molecule has 0 bridgehead atoms. The first kappa shape index (κ1) is 24.2. The number of nitrogens with zero attached hydrogens (tertiary/aromatic N) is 1. The highest BCUT2D eigenvalue weighted by atomic mass is 16.7. The van der Waals surface area contributed by atoms with Gasteiger partial charge in [-0.1, -0.05) is 24.3 Å². The van der Waals surface area contributed by atoms with E-state index >= 15 is 0 Å². The van der Waals surface area contributed by atoms with E-state index in [0.29, 0.717) is 34.1 Å². The molecule has 2 aliphatic heterocycles. The van der Waals surface area contributed by atoms with Crippen molar-refractivity contribution in [3.05, 3.63) is 89.0 Å². The predicted octanol–water partition coefficient (Wildman–Crippen LogP) is 4.83. The second-order valence-electron chi connectivity index (χ2n) is 9.09. The highest BCUT2D eigenvalue weighted by molar-refractivity contribution is 6.46. The Bertz CT molecular complexity index is 1390. The molecule has 3 aromatic rings. The molecule has 8 heteroatoms. The molecule has 1 fully saturated rings. The third-order valence-corrected chi connectivity index (χ3v) is 6.22. The predicted molar refractivity (Wildman–Crippen MR) is 136 cm³/mol. The number of carbonyl (C=O) groups excluding carboxylic acids is 2. The van der Waals surface area contributed by atoms with Gasteiger partial charge in [0.1, 0.15) is 17.3 Å². The molecule has 0 saturated carbocycles. The Balaban J connectivity index is 1.60. The number of ether oxygens (including phenoxy) is 4. The zero-order valence-electron chi connectivity index (χ0n) is 20.8. The van der Waals surface area contributed by atoms with Crippen LogP contribution in [0.1, 0.15) is 36.6 Å². The van der Waals surface area contributed by atoms with Crippen molar-refractivity contribution in [2.75, 3.05) is 13.9 Å². The fourth-order valence-corrected chi connectivity index (χ4v) is 4.59. The van der Waals surface area contributed by atoms with Crippen LogP contribution in [0.3, 0.4) is 0 Å². The molecule has 1 saturated heterocycles. The number of hydrogen-bond acceptors (Lipinski definition) is 7. The zero-order chi connectivity index (χ0) is 26.1. The molecule has 1 atom stereocenters. The number of amides is 1. The quantitative estimate of drug-likeness (QED) is 0.281. The maximum Gasteiger partial charge on any atom is 0.295 e. The number of rotatable bonds is 7. The van der Waals surface area contributed by atoms with Crippen LogP contribution in [-0.2, 0) is 16.1 Å². The summed E-state index contributed by atoms with van der Waals surface area (Å²) in [4.78, 5) is 28.2. The Morgan fingerprint density at radius 1 is 1.00 bits per heavy atom. The molecule has 0 radical (unpaired) electrons. The van der Waals surface area contributed by atoms with E-state index in [2.05, 4.69) is 0 Å². The number of benzene rings is 3. The van der Waals surface area contributed by atoms with Crippen molar-refractivity contribution in [3.63, 3.8) is 0 Å². The lowest BCUT2D eigenvalue weighted by molar-refractivity contribution is -0.140. The lowest BCUT2D eigenvalue weighted by Gasteiger charge is -2.26. The van der Waals surface area contributed by atoms with Crippen molar-refractivity contribution >= 4 is 17.4 Å². The molecule has 2 aliphatic rings. The lowest BCUT2D eigenvalue weighted by Crippen LogP contribution is -2.29. The van der Waals surface area contributed by atoms with E-state index in [-0.39, 0.29) is 30.8 Å². The van der Waals surface area contributed by atoms with Crippen LogP contribution in [0.25, 0.3) is 5.76 Å². The van der Waals surface area contributed by atoms with Gasteiger partial charge in [0.25, 0.3) is 11.7 Å². The average Bonchev–Trinajstić information content (AvgIpc) is 3.46.